The van der Waals surface area contributed by atoms with Gasteiger partial charge in [0, 0.05) is 5.69 Å². The number of aliphatic hydroxyl groups excluding tert-OH is 1. The fourth-order valence-electron chi connectivity index (χ4n) is 2.43. The molecular formula is C19H14Cl2N2O5. The maximum Gasteiger partial charge on any atom is 0.247 e. The third-order valence-electron chi connectivity index (χ3n) is 3.80. The molecule has 0 radical (unpaired) electrons. The molecule has 9 heteroatoms. The van der Waals surface area contributed by atoms with Gasteiger partial charge in [0.2, 0.25) is 11.5 Å². The summed E-state index contributed by atoms with van der Waals surface area (Å²) in [6.07, 6.45) is 1.34. The van der Waals surface area contributed by atoms with Gasteiger partial charge in [0.1, 0.15) is 17.2 Å². The van der Waals surface area contributed by atoms with Crippen molar-refractivity contribution < 1.29 is 24.9 Å². The van der Waals surface area contributed by atoms with E-state index < -0.39 is 11.5 Å². The number of hydrogen-bond donors (Lipinski definition) is 4. The number of phenolic OH excluding ortho intramolecular Hbond substituents is 2. The lowest BCUT2D eigenvalue weighted by Gasteiger charge is -2.18. The summed E-state index contributed by atoms with van der Waals surface area (Å²) >= 11 is 11.8. The van der Waals surface area contributed by atoms with Crippen molar-refractivity contribution >= 4 is 46.1 Å². The lowest BCUT2D eigenvalue weighted by molar-refractivity contribution is -0.115. The monoisotopic (exact) mass is 420 g/mol. The molecule has 0 amide bonds. The molecule has 144 valence electrons. The van der Waals surface area contributed by atoms with Gasteiger partial charge in [-0.25, -0.2) is 4.99 Å². The molecule has 2 aromatic rings. The molecule has 3 rings (SSSR count). The van der Waals surface area contributed by atoms with Gasteiger partial charge < -0.3 is 25.4 Å². The molecule has 4 N–H and O–H groups in total. The lowest BCUT2D eigenvalue weighted by atomic mass is 10.0. The molecule has 0 heterocycles. The first-order chi connectivity index (χ1) is 13.3. The first-order valence-corrected chi connectivity index (χ1v) is 8.62. The molecule has 7 nitrogen and oxygen atoms in total. The van der Waals surface area contributed by atoms with Crippen molar-refractivity contribution in [3.05, 3.63) is 69.7 Å². The van der Waals surface area contributed by atoms with E-state index in [-0.39, 0.29) is 38.7 Å². The highest BCUT2D eigenvalue weighted by atomic mass is 35.5. The lowest BCUT2D eigenvalue weighted by Crippen LogP contribution is -2.24. The minimum absolute atomic E-state index is 0.0468. The van der Waals surface area contributed by atoms with Gasteiger partial charge in [0.05, 0.1) is 28.5 Å². The van der Waals surface area contributed by atoms with Gasteiger partial charge in [0.25, 0.3) is 0 Å². The predicted octanol–water partition coefficient (Wildman–Crippen LogP) is 4.47. The van der Waals surface area contributed by atoms with Crippen LogP contribution in [0.4, 0.5) is 11.4 Å². The number of anilines is 1. The van der Waals surface area contributed by atoms with Crippen molar-refractivity contribution in [3.8, 4) is 11.5 Å². The molecule has 0 saturated heterocycles. The van der Waals surface area contributed by atoms with E-state index >= 15 is 0 Å². The van der Waals surface area contributed by atoms with Crippen molar-refractivity contribution in [1.29, 1.82) is 0 Å². The quantitative estimate of drug-likeness (QED) is 0.428. The van der Waals surface area contributed by atoms with E-state index in [1.54, 1.807) is 0 Å². The molecule has 0 fully saturated rings. The summed E-state index contributed by atoms with van der Waals surface area (Å²) in [6, 6.07) is 8.58. The van der Waals surface area contributed by atoms with Crippen LogP contribution in [-0.4, -0.2) is 33.9 Å². The van der Waals surface area contributed by atoms with Crippen LogP contribution >= 0.6 is 23.2 Å². The second-order valence-electron chi connectivity index (χ2n) is 5.69. The smallest absolute Gasteiger partial charge is 0.247 e. The Morgan fingerprint density at radius 3 is 2.25 bits per heavy atom. The van der Waals surface area contributed by atoms with E-state index in [0.717, 1.165) is 0 Å². The molecular weight excluding hydrogens is 407 g/mol. The molecule has 0 atom stereocenters. The van der Waals surface area contributed by atoms with Crippen molar-refractivity contribution in [1.82, 2.24) is 0 Å². The molecule has 0 aliphatic heterocycles. The largest absolute Gasteiger partial charge is 0.506 e. The summed E-state index contributed by atoms with van der Waals surface area (Å²) in [4.78, 5) is 16.8. The Morgan fingerprint density at radius 1 is 1.00 bits per heavy atom. The number of halogens is 2. The Balaban J connectivity index is 2.02. The van der Waals surface area contributed by atoms with Crippen LogP contribution < -0.4 is 5.32 Å². The average Bonchev–Trinajstić information content (AvgIpc) is 2.65. The van der Waals surface area contributed by atoms with Crippen LogP contribution in [0.1, 0.15) is 0 Å². The van der Waals surface area contributed by atoms with E-state index in [2.05, 4.69) is 10.3 Å². The van der Waals surface area contributed by atoms with Gasteiger partial charge in [-0.3, -0.25) is 4.79 Å². The normalized spacial score (nSPS) is 15.6. The molecule has 28 heavy (non-hydrogen) atoms. The summed E-state index contributed by atoms with van der Waals surface area (Å²) in [5.41, 5.74) is 0.898. The van der Waals surface area contributed by atoms with E-state index in [4.69, 9.17) is 27.9 Å². The predicted molar refractivity (Wildman–Crippen MR) is 107 cm³/mol. The Kier molecular flexibility index (Phi) is 5.48. The number of aliphatic imine (C=N–C) groups is 1. The number of ether oxygens (including phenoxy) is 1. The number of ketones is 1. The Morgan fingerprint density at radius 2 is 1.64 bits per heavy atom. The molecule has 0 aromatic heterocycles. The molecule has 0 unspecified atom stereocenters. The third-order valence-corrected chi connectivity index (χ3v) is 4.41. The number of Topliss-reactive ketones (excluding diaryl/α,β-unsaturated/α-hetero) is 1. The van der Waals surface area contributed by atoms with Crippen LogP contribution in [0.2, 0.25) is 10.0 Å². The molecule has 0 spiro atoms. The van der Waals surface area contributed by atoms with E-state index in [1.807, 2.05) is 0 Å². The fourth-order valence-corrected chi connectivity index (χ4v) is 2.78. The van der Waals surface area contributed by atoms with Crippen molar-refractivity contribution in [2.75, 3.05) is 12.4 Å². The average molecular weight is 421 g/mol. The van der Waals surface area contributed by atoms with Crippen LogP contribution in [0.15, 0.2) is 64.7 Å². The molecule has 0 saturated carbocycles. The number of nitrogens with zero attached hydrogens (tertiary/aromatic N) is 1. The van der Waals surface area contributed by atoms with Crippen LogP contribution in [0, 0.1) is 0 Å². The van der Waals surface area contributed by atoms with Crippen molar-refractivity contribution in [2.45, 2.75) is 0 Å². The zero-order valence-corrected chi connectivity index (χ0v) is 15.9. The summed E-state index contributed by atoms with van der Waals surface area (Å²) in [5.74, 6) is -1.53. The first-order valence-electron chi connectivity index (χ1n) is 7.87. The number of aliphatic hydroxyl groups is 1. The van der Waals surface area contributed by atoms with Gasteiger partial charge in [-0.05, 0) is 42.5 Å². The minimum atomic E-state index is -0.591. The highest BCUT2D eigenvalue weighted by Crippen LogP contribution is 2.30. The molecule has 2 aromatic carbocycles. The fraction of sp³-hybridized carbons (Fsp3) is 0.0526. The number of aromatic hydroxyl groups is 2. The second-order valence-corrected chi connectivity index (χ2v) is 6.51. The van der Waals surface area contributed by atoms with Gasteiger partial charge >= 0.3 is 0 Å². The number of carbonyl (C=O) groups excluding carboxylic acids is 1. The van der Waals surface area contributed by atoms with Gasteiger partial charge in [-0.1, -0.05) is 23.2 Å². The van der Waals surface area contributed by atoms with E-state index in [1.165, 1.54) is 49.6 Å². The van der Waals surface area contributed by atoms with Crippen LogP contribution in [0.25, 0.3) is 0 Å². The molecule has 1 aliphatic rings. The highest BCUT2D eigenvalue weighted by molar-refractivity contribution is 6.32. The van der Waals surface area contributed by atoms with Crippen molar-refractivity contribution in [2.24, 2.45) is 4.99 Å². The zero-order chi connectivity index (χ0) is 20.4. The highest BCUT2D eigenvalue weighted by Gasteiger charge is 2.29. The number of phenols is 2. The minimum Gasteiger partial charge on any atom is -0.506 e. The number of methoxy groups -OCH3 is 1. The Hall–Kier alpha value is -3.16. The Bertz CT molecular complexity index is 1060. The topological polar surface area (TPSA) is 111 Å². The SMILES string of the molecule is COC1=C(O)/C(=N\c2ccc(O)c(Cl)c2)C=C(Nc2ccc(O)c(Cl)c2)C1=O. The number of nitrogens with one attached hydrogen (secondary N) is 1. The number of carbonyl (C=O) groups is 1. The number of rotatable bonds is 4. The number of allylic oxidation sites excluding steroid dienone is 1. The zero-order valence-electron chi connectivity index (χ0n) is 14.4. The maximum absolute atomic E-state index is 12.6. The second kappa shape index (κ2) is 7.84. The number of hydrogen-bond acceptors (Lipinski definition) is 7. The van der Waals surface area contributed by atoms with Gasteiger partial charge in [-0.2, -0.15) is 0 Å². The maximum atomic E-state index is 12.6. The summed E-state index contributed by atoms with van der Waals surface area (Å²) < 4.78 is 5.02. The number of benzene rings is 2. The summed E-state index contributed by atoms with van der Waals surface area (Å²) in [7, 11) is 1.25. The first kappa shape index (κ1) is 19.6. The standard InChI is InChI=1S/C19H14Cl2N2O5/c1-28-19-17(26)13(22-9-2-4-15(24)11(20)6-9)8-14(18(19)27)23-10-3-5-16(25)12(21)7-10/h2-8,22,24-25,27H,1H3/b23-14-. The third kappa shape index (κ3) is 3.90. The van der Waals surface area contributed by atoms with Crippen molar-refractivity contribution in [3.63, 3.8) is 0 Å². The summed E-state index contributed by atoms with van der Waals surface area (Å²) in [6.45, 7) is 0. The van der Waals surface area contributed by atoms with Gasteiger partial charge in [0.15, 0.2) is 5.76 Å². The van der Waals surface area contributed by atoms with Crippen LogP contribution in [0.3, 0.4) is 0 Å². The van der Waals surface area contributed by atoms with E-state index in [0.29, 0.717) is 11.4 Å². The molecule has 1 aliphatic carbocycles. The van der Waals surface area contributed by atoms with E-state index in [9.17, 15) is 20.1 Å². The van der Waals surface area contributed by atoms with Crippen LogP contribution in [0.5, 0.6) is 11.5 Å². The molecule has 0 bridgehead atoms. The summed E-state index contributed by atoms with van der Waals surface area (Å²) in [5, 5.41) is 32.4. The Labute approximate surface area is 169 Å². The van der Waals surface area contributed by atoms with Gasteiger partial charge in [-0.15, -0.1) is 0 Å². The van der Waals surface area contributed by atoms with Crippen LogP contribution in [-0.2, 0) is 9.53 Å².